The second kappa shape index (κ2) is 28.1. The highest BCUT2D eigenvalue weighted by molar-refractivity contribution is 5.97. The zero-order valence-corrected chi connectivity index (χ0v) is 39.6. The third-order valence-electron chi connectivity index (χ3n) is 11.3. The summed E-state index contributed by atoms with van der Waals surface area (Å²) in [4.78, 5) is 102. The Labute approximate surface area is 406 Å². The topological polar surface area (TPSA) is 364 Å². The Balaban J connectivity index is 1.59. The molecule has 0 radical (unpaired) electrons. The molecule has 0 aliphatic rings. The van der Waals surface area contributed by atoms with Crippen LogP contribution < -0.4 is 54.8 Å². The van der Waals surface area contributed by atoms with Gasteiger partial charge in [0.1, 0.15) is 36.0 Å². The van der Waals surface area contributed by atoms with Crippen LogP contribution in [0.1, 0.15) is 69.1 Å². The number of benzene rings is 3. The number of nitrogens with one attached hydrogen (secondary N) is 7. The minimum atomic E-state index is -1.32. The van der Waals surface area contributed by atoms with E-state index in [4.69, 9.17) is 22.9 Å². The number of rotatable bonds is 29. The van der Waals surface area contributed by atoms with E-state index in [1.54, 1.807) is 48.7 Å². The Morgan fingerprint density at radius 3 is 1.83 bits per heavy atom. The summed E-state index contributed by atoms with van der Waals surface area (Å²) in [6.45, 7) is 3.63. The summed E-state index contributed by atoms with van der Waals surface area (Å²) < 4.78 is 0. The van der Waals surface area contributed by atoms with Crippen LogP contribution in [-0.2, 0) is 52.8 Å². The van der Waals surface area contributed by atoms with Crippen LogP contribution in [-0.4, -0.2) is 118 Å². The summed E-state index contributed by atoms with van der Waals surface area (Å²) in [6, 6.07) is 15.0. The molecule has 1 aromatic heterocycles. The van der Waals surface area contributed by atoms with Crippen molar-refractivity contribution in [2.24, 2.45) is 33.8 Å². The number of aliphatic imine (C=N–C) groups is 1. The molecule has 0 spiro atoms. The van der Waals surface area contributed by atoms with Gasteiger partial charge < -0.3 is 70.0 Å². The first-order valence-electron chi connectivity index (χ1n) is 23.3. The number of unbranched alkanes of at least 4 members (excludes halogenated alkanes) is 1. The van der Waals surface area contributed by atoms with Gasteiger partial charge in [0.15, 0.2) is 5.96 Å². The van der Waals surface area contributed by atoms with E-state index in [-0.39, 0.29) is 62.7 Å². The molecule has 0 bridgehead atoms. The van der Waals surface area contributed by atoms with Gasteiger partial charge in [0.2, 0.25) is 35.4 Å². The van der Waals surface area contributed by atoms with Gasteiger partial charge >= 0.3 is 5.97 Å². The van der Waals surface area contributed by atoms with Gasteiger partial charge in [0, 0.05) is 42.9 Å². The standard InChI is InChI=1S/C49H68N12O9/c1-29(2)23-38(59-46(67)39(25-31-17-19-33(62)20-18-31)58-43(64)35(51)14-8-9-21-50)45(66)60-40(24-30-11-4-3-5-12-30)47(68)61-41(26-32-27-55-36-15-7-6-13-34(32)36)44(65)56-28-42(63)57-37(48(69)70)16-10-22-54-49(52)53/h3-7,11-13,15,17-20,27,29,35,37-41,55,62H,8-10,14,16,21-26,28,50-51H2,1-2H3,(H,56,65)(H,57,63)(H,58,64)(H,59,67)(H,60,66)(H,61,68)(H,69,70)(H4,52,53,54). The quantitative estimate of drug-likeness (QED) is 0.0195. The van der Waals surface area contributed by atoms with Gasteiger partial charge in [-0.15, -0.1) is 0 Å². The van der Waals surface area contributed by atoms with Crippen LogP contribution in [0.2, 0.25) is 0 Å². The number of aliphatic carboxylic acids is 1. The van der Waals surface area contributed by atoms with Crippen LogP contribution in [0.15, 0.2) is 90.1 Å². The van der Waals surface area contributed by atoms with Crippen molar-refractivity contribution >= 4 is 58.3 Å². The Hall–Kier alpha value is -7.52. The number of hydrogen-bond acceptors (Lipinski definition) is 11. The highest BCUT2D eigenvalue weighted by atomic mass is 16.4. The Bertz CT molecular complexity index is 2390. The molecule has 17 N–H and O–H groups in total. The molecule has 6 atom stereocenters. The minimum absolute atomic E-state index is 0.00288. The maximum absolute atomic E-state index is 14.5. The third kappa shape index (κ3) is 18.5. The molecule has 0 saturated carbocycles. The van der Waals surface area contributed by atoms with E-state index in [1.165, 1.54) is 12.1 Å². The number of carboxylic acids is 1. The van der Waals surface area contributed by atoms with Gasteiger partial charge in [0.05, 0.1) is 12.6 Å². The van der Waals surface area contributed by atoms with Crippen LogP contribution in [0.25, 0.3) is 10.9 Å². The molecule has 0 aliphatic carbocycles. The van der Waals surface area contributed by atoms with Crippen molar-refractivity contribution in [1.82, 2.24) is 36.9 Å². The van der Waals surface area contributed by atoms with Crippen molar-refractivity contribution < 1.29 is 43.8 Å². The molecule has 0 aliphatic heterocycles. The highest BCUT2D eigenvalue weighted by Gasteiger charge is 2.33. The minimum Gasteiger partial charge on any atom is -0.508 e. The number of carbonyl (C=O) groups is 7. The lowest BCUT2D eigenvalue weighted by molar-refractivity contribution is -0.142. The molecule has 0 fully saturated rings. The average Bonchev–Trinajstić information content (AvgIpc) is 3.73. The fraction of sp³-hybridized carbons (Fsp3) is 0.429. The Kier molecular flexibility index (Phi) is 22.1. The maximum atomic E-state index is 14.5. The molecule has 378 valence electrons. The predicted octanol–water partition coefficient (Wildman–Crippen LogP) is 0.0822. The van der Waals surface area contributed by atoms with Crippen molar-refractivity contribution in [3.8, 4) is 5.75 Å². The number of guanidine groups is 1. The van der Waals surface area contributed by atoms with Gasteiger partial charge in [-0.3, -0.25) is 33.8 Å². The summed E-state index contributed by atoms with van der Waals surface area (Å²) in [5.41, 5.74) is 25.2. The number of nitrogens with two attached hydrogens (primary N) is 4. The molecular formula is C49H68N12O9. The van der Waals surface area contributed by atoms with Crippen molar-refractivity contribution in [3.05, 3.63) is 102 Å². The number of phenols is 1. The smallest absolute Gasteiger partial charge is 0.326 e. The van der Waals surface area contributed by atoms with E-state index in [2.05, 4.69) is 41.9 Å². The lowest BCUT2D eigenvalue weighted by Crippen LogP contribution is -2.60. The molecule has 21 nitrogen and oxygen atoms in total. The zero-order valence-electron chi connectivity index (χ0n) is 39.6. The summed E-state index contributed by atoms with van der Waals surface area (Å²) in [6.07, 6.45) is 3.55. The van der Waals surface area contributed by atoms with Crippen molar-refractivity contribution in [2.75, 3.05) is 19.6 Å². The van der Waals surface area contributed by atoms with Crippen molar-refractivity contribution in [2.45, 2.75) is 108 Å². The van der Waals surface area contributed by atoms with Gasteiger partial charge in [-0.1, -0.05) is 80.9 Å². The summed E-state index contributed by atoms with van der Waals surface area (Å²) >= 11 is 0. The Morgan fingerprint density at radius 1 is 0.643 bits per heavy atom. The molecule has 21 heteroatoms. The van der Waals surface area contributed by atoms with E-state index in [0.717, 1.165) is 10.9 Å². The maximum Gasteiger partial charge on any atom is 0.326 e. The number of carboxylic acid groups (broad SMARTS) is 1. The molecule has 3 aromatic carbocycles. The number of fused-ring (bicyclic) bond motifs is 1. The average molecular weight is 969 g/mol. The lowest BCUT2D eigenvalue weighted by atomic mass is 9.99. The van der Waals surface area contributed by atoms with Crippen LogP contribution in [0.5, 0.6) is 5.75 Å². The number of nitrogens with zero attached hydrogens (tertiary/aromatic N) is 1. The SMILES string of the molecule is CC(C)CC(NC(=O)C(Cc1ccc(O)cc1)NC(=O)C(N)CCCCN)C(=O)NC(Cc1ccccc1)C(=O)NC(Cc1c[nH]c2ccccc12)C(=O)NCC(=O)NC(CCCN=C(N)N)C(=O)O. The van der Waals surface area contributed by atoms with Crippen molar-refractivity contribution in [3.63, 3.8) is 0 Å². The van der Waals surface area contributed by atoms with Gasteiger partial charge in [-0.25, -0.2) is 4.79 Å². The fourth-order valence-electron chi connectivity index (χ4n) is 7.60. The van der Waals surface area contributed by atoms with E-state index in [0.29, 0.717) is 42.5 Å². The molecule has 1 heterocycles. The summed E-state index contributed by atoms with van der Waals surface area (Å²) in [5.74, 6) is -5.92. The first kappa shape index (κ1) is 55.1. The lowest BCUT2D eigenvalue weighted by Gasteiger charge is -2.28. The molecule has 6 unspecified atom stereocenters. The second-order valence-corrected chi connectivity index (χ2v) is 17.5. The largest absolute Gasteiger partial charge is 0.508 e. The molecule has 70 heavy (non-hydrogen) atoms. The molecule has 4 aromatic rings. The number of aromatic nitrogens is 1. The van der Waals surface area contributed by atoms with Gasteiger partial charge in [-0.05, 0) is 79.5 Å². The third-order valence-corrected chi connectivity index (χ3v) is 11.3. The monoisotopic (exact) mass is 969 g/mol. The molecule has 0 saturated heterocycles. The van der Waals surface area contributed by atoms with E-state index in [9.17, 15) is 43.8 Å². The number of hydrogen-bond donors (Lipinski definition) is 13. The first-order valence-corrected chi connectivity index (χ1v) is 23.3. The van der Waals surface area contributed by atoms with E-state index < -0.39 is 84.2 Å². The predicted molar refractivity (Wildman–Crippen MR) is 265 cm³/mol. The summed E-state index contributed by atoms with van der Waals surface area (Å²) in [7, 11) is 0. The zero-order chi connectivity index (χ0) is 51.2. The highest BCUT2D eigenvalue weighted by Crippen LogP contribution is 2.20. The number of aromatic amines is 1. The van der Waals surface area contributed by atoms with Crippen molar-refractivity contribution in [1.29, 1.82) is 0 Å². The van der Waals surface area contributed by atoms with E-state index >= 15 is 0 Å². The van der Waals surface area contributed by atoms with Crippen LogP contribution >= 0.6 is 0 Å². The normalized spacial score (nSPS) is 13.7. The van der Waals surface area contributed by atoms with Crippen LogP contribution in [0, 0.1) is 5.92 Å². The molecular weight excluding hydrogens is 901 g/mol. The van der Waals surface area contributed by atoms with E-state index in [1.807, 2.05) is 38.1 Å². The number of amides is 6. The Morgan fingerprint density at radius 2 is 1.21 bits per heavy atom. The molecule has 6 amide bonds. The second-order valence-electron chi connectivity index (χ2n) is 17.5. The fourth-order valence-corrected chi connectivity index (χ4v) is 7.60. The number of H-pyrrole nitrogens is 1. The summed E-state index contributed by atoms with van der Waals surface area (Å²) in [5, 5.41) is 36.4. The molecule has 4 rings (SSSR count). The number of para-hydroxylation sites is 1. The van der Waals surface area contributed by atoms with Crippen LogP contribution in [0.4, 0.5) is 0 Å². The number of aromatic hydroxyl groups is 1. The van der Waals surface area contributed by atoms with Gasteiger partial charge in [0.25, 0.3) is 0 Å². The van der Waals surface area contributed by atoms with Crippen LogP contribution in [0.3, 0.4) is 0 Å². The number of phenolic OH excluding ortho intramolecular Hbond substituents is 1. The van der Waals surface area contributed by atoms with Gasteiger partial charge in [-0.2, -0.15) is 0 Å². The first-order chi connectivity index (χ1) is 33.4. The number of carbonyl (C=O) groups excluding carboxylic acids is 6.